The fourth-order valence-electron chi connectivity index (χ4n) is 8.39. The topological polar surface area (TPSA) is 58.6 Å². The van der Waals surface area contributed by atoms with Gasteiger partial charge in [-0.15, -0.1) is 0 Å². The van der Waals surface area contributed by atoms with E-state index in [1.54, 1.807) is 0 Å². The molecule has 0 radical (unpaired) electrons. The summed E-state index contributed by atoms with van der Waals surface area (Å²) in [6.07, 6.45) is 5.93. The van der Waals surface area contributed by atoms with Crippen molar-refractivity contribution in [1.82, 2.24) is 19.8 Å². The maximum atomic E-state index is 5.21. The van der Waals surface area contributed by atoms with Gasteiger partial charge in [0.15, 0.2) is 5.84 Å². The molecule has 0 aliphatic carbocycles. The Morgan fingerprint density at radius 2 is 1.09 bits per heavy atom. The van der Waals surface area contributed by atoms with Crippen LogP contribution in [0.3, 0.4) is 0 Å². The monoisotopic (exact) mass is 720 g/mol. The summed E-state index contributed by atoms with van der Waals surface area (Å²) >= 11 is 0. The molecule has 266 valence electrons. The van der Waals surface area contributed by atoms with E-state index in [4.69, 9.17) is 9.98 Å². The van der Waals surface area contributed by atoms with Gasteiger partial charge in [-0.25, -0.2) is 9.98 Å². The highest BCUT2D eigenvalue weighted by molar-refractivity contribution is 6.19. The molecule has 0 fully saturated rings. The summed E-state index contributed by atoms with van der Waals surface area (Å²) in [6, 6.07) is 62.2. The molecule has 0 saturated carbocycles. The number of aromatic nitrogens is 2. The Balaban J connectivity index is 1.02. The third-order valence-electron chi connectivity index (χ3n) is 11.0. The molecular weight excluding hydrogens is 685 g/mol. The second-order valence-electron chi connectivity index (χ2n) is 14.3. The Labute approximate surface area is 324 Å². The van der Waals surface area contributed by atoms with E-state index < -0.39 is 0 Å². The van der Waals surface area contributed by atoms with Gasteiger partial charge in [-0.3, -0.25) is 0 Å². The summed E-state index contributed by atoms with van der Waals surface area (Å²) in [5.41, 5.74) is 11.1. The first-order valence-electron chi connectivity index (χ1n) is 19.1. The highest BCUT2D eigenvalue weighted by atomic mass is 15.2. The zero-order valence-electron chi connectivity index (χ0n) is 30.4. The van der Waals surface area contributed by atoms with Crippen LogP contribution in [-0.2, 0) is 0 Å². The summed E-state index contributed by atoms with van der Waals surface area (Å²) in [7, 11) is 0. The Hall–Kier alpha value is -7.44. The van der Waals surface area contributed by atoms with Crippen LogP contribution < -0.4 is 10.6 Å². The van der Waals surface area contributed by atoms with Crippen LogP contribution in [0.5, 0.6) is 0 Å². The number of fused-ring (bicyclic) bond motifs is 6. The number of benzene rings is 7. The van der Waals surface area contributed by atoms with E-state index >= 15 is 0 Å². The molecule has 6 heteroatoms. The van der Waals surface area contributed by atoms with Crippen LogP contribution in [0.1, 0.15) is 23.5 Å². The van der Waals surface area contributed by atoms with Crippen molar-refractivity contribution in [1.29, 1.82) is 0 Å². The van der Waals surface area contributed by atoms with Crippen LogP contribution in [-0.4, -0.2) is 20.8 Å². The van der Waals surface area contributed by atoms with Crippen molar-refractivity contribution in [3.8, 4) is 16.8 Å². The maximum absolute atomic E-state index is 5.21. The molecule has 0 saturated heterocycles. The van der Waals surface area contributed by atoms with Gasteiger partial charge in [0.1, 0.15) is 18.2 Å². The standard InChI is InChI=1S/C50H36N6/c1-4-15-33(16-5-1)34-27-29-36(30-28-34)49-52-48(35-17-6-2-7-18-35)53-50(54-49)42-23-14-26-47(51-42)56-44-25-13-11-22-39(44)41-31-40-38-21-10-12-24-43(38)55(45(40)32-46(41)56)37-19-8-3-9-20-37/h1-32,47-48,51H,(H,52,53,54). The summed E-state index contributed by atoms with van der Waals surface area (Å²) in [4.78, 5) is 10.4. The number of para-hydroxylation sites is 3. The largest absolute Gasteiger partial charge is 0.359 e. The van der Waals surface area contributed by atoms with Gasteiger partial charge in [0.05, 0.1) is 27.8 Å². The average molecular weight is 721 g/mol. The predicted molar refractivity (Wildman–Crippen MR) is 231 cm³/mol. The zero-order valence-corrected chi connectivity index (χ0v) is 30.4. The second-order valence-corrected chi connectivity index (χ2v) is 14.3. The number of allylic oxidation sites excluding steroid dienone is 2. The predicted octanol–water partition coefficient (Wildman–Crippen LogP) is 11.2. The third-order valence-corrected chi connectivity index (χ3v) is 11.0. The van der Waals surface area contributed by atoms with Gasteiger partial charge in [0, 0.05) is 32.8 Å². The van der Waals surface area contributed by atoms with Crippen molar-refractivity contribution in [3.63, 3.8) is 0 Å². The van der Waals surface area contributed by atoms with E-state index in [1.807, 2.05) is 12.1 Å². The first kappa shape index (κ1) is 32.0. The van der Waals surface area contributed by atoms with Crippen LogP contribution in [0.2, 0.25) is 0 Å². The van der Waals surface area contributed by atoms with Crippen LogP contribution >= 0.6 is 0 Å². The van der Waals surface area contributed by atoms with Crippen molar-refractivity contribution in [2.75, 3.05) is 0 Å². The van der Waals surface area contributed by atoms with Gasteiger partial charge in [0.25, 0.3) is 0 Å². The molecule has 2 atom stereocenters. The minimum absolute atomic E-state index is 0.194. The lowest BCUT2D eigenvalue weighted by atomic mass is 10.0. The smallest absolute Gasteiger partial charge is 0.175 e. The number of hydrogen-bond acceptors (Lipinski definition) is 4. The summed E-state index contributed by atoms with van der Waals surface area (Å²) < 4.78 is 4.81. The molecule has 7 aromatic carbocycles. The van der Waals surface area contributed by atoms with Crippen LogP contribution in [0.4, 0.5) is 0 Å². The Kier molecular flexibility index (Phi) is 7.52. The van der Waals surface area contributed by atoms with E-state index in [2.05, 4.69) is 202 Å². The maximum Gasteiger partial charge on any atom is 0.175 e. The quantitative estimate of drug-likeness (QED) is 0.180. The molecule has 2 aromatic heterocycles. The molecular formula is C50H36N6. The minimum atomic E-state index is -0.305. The number of nitrogens with zero attached hydrogens (tertiary/aromatic N) is 4. The van der Waals surface area contributed by atoms with E-state index in [-0.39, 0.29) is 12.3 Å². The van der Waals surface area contributed by atoms with E-state index in [0.29, 0.717) is 5.84 Å². The highest BCUT2D eigenvalue weighted by Crippen LogP contribution is 2.40. The van der Waals surface area contributed by atoms with Gasteiger partial charge in [-0.1, -0.05) is 146 Å². The molecule has 0 bridgehead atoms. The average Bonchev–Trinajstić information content (AvgIpc) is 3.78. The lowest BCUT2D eigenvalue weighted by Gasteiger charge is -2.28. The van der Waals surface area contributed by atoms with Crippen LogP contribution in [0.15, 0.2) is 210 Å². The normalized spacial score (nSPS) is 16.8. The summed E-state index contributed by atoms with van der Waals surface area (Å²) in [5.74, 6) is 1.44. The van der Waals surface area contributed by atoms with Crippen LogP contribution in [0, 0.1) is 0 Å². The fraction of sp³-hybridized carbons (Fsp3) is 0.0400. The van der Waals surface area contributed by atoms with E-state index in [0.717, 1.165) is 44.9 Å². The highest BCUT2D eigenvalue weighted by Gasteiger charge is 2.26. The second kappa shape index (κ2) is 13.1. The molecule has 6 nitrogen and oxygen atoms in total. The SMILES string of the molecule is C1=CC(n2c3ccccc3c3cc4c5ccccc5n(-c5ccccc5)c4cc32)NC(C2=NC(c3ccccc3)NC(c3ccc(-c4ccccc4)cc3)=N2)=C1. The zero-order chi connectivity index (χ0) is 37.0. The molecule has 56 heavy (non-hydrogen) atoms. The Morgan fingerprint density at radius 3 is 1.86 bits per heavy atom. The van der Waals surface area contributed by atoms with Crippen molar-refractivity contribution in [3.05, 3.63) is 211 Å². The molecule has 2 N–H and O–H groups in total. The lowest BCUT2D eigenvalue weighted by Crippen LogP contribution is -2.37. The van der Waals surface area contributed by atoms with Crippen LogP contribution in [0.25, 0.3) is 60.4 Å². The summed E-state index contributed by atoms with van der Waals surface area (Å²) in [5, 5.41) is 12.4. The number of amidine groups is 2. The molecule has 2 aliphatic rings. The van der Waals surface area contributed by atoms with Crippen molar-refractivity contribution >= 4 is 55.3 Å². The number of rotatable bonds is 6. The third kappa shape index (κ3) is 5.34. The number of hydrogen-bond donors (Lipinski definition) is 2. The first-order valence-corrected chi connectivity index (χ1v) is 19.1. The van der Waals surface area contributed by atoms with Gasteiger partial charge < -0.3 is 19.8 Å². The molecule has 11 rings (SSSR count). The van der Waals surface area contributed by atoms with Gasteiger partial charge >= 0.3 is 0 Å². The Morgan fingerprint density at radius 1 is 0.482 bits per heavy atom. The van der Waals surface area contributed by atoms with Gasteiger partial charge in [-0.2, -0.15) is 0 Å². The number of nitrogens with one attached hydrogen (secondary N) is 2. The molecule has 2 aliphatic heterocycles. The molecule has 4 heterocycles. The number of dihydropyridines is 1. The van der Waals surface area contributed by atoms with Crippen molar-refractivity contribution in [2.24, 2.45) is 9.98 Å². The molecule has 0 amide bonds. The fourth-order valence-corrected chi connectivity index (χ4v) is 8.39. The Bertz CT molecular complexity index is 3060. The molecule has 2 unspecified atom stereocenters. The van der Waals surface area contributed by atoms with E-state index in [9.17, 15) is 0 Å². The van der Waals surface area contributed by atoms with Gasteiger partial charge in [-0.05, 0) is 65.2 Å². The molecule has 0 spiro atoms. The van der Waals surface area contributed by atoms with Crippen molar-refractivity contribution < 1.29 is 0 Å². The lowest BCUT2D eigenvalue weighted by molar-refractivity contribution is 0.564. The first-order chi connectivity index (χ1) is 27.8. The van der Waals surface area contributed by atoms with Gasteiger partial charge in [0.2, 0.25) is 0 Å². The van der Waals surface area contributed by atoms with Crippen molar-refractivity contribution in [2.45, 2.75) is 12.3 Å². The number of aliphatic imine (C=N–C) groups is 2. The van der Waals surface area contributed by atoms with E-state index in [1.165, 1.54) is 38.1 Å². The minimum Gasteiger partial charge on any atom is -0.359 e. The summed E-state index contributed by atoms with van der Waals surface area (Å²) in [6.45, 7) is 0. The molecule has 9 aromatic rings.